The summed E-state index contributed by atoms with van der Waals surface area (Å²) in [5.41, 5.74) is 6.09. The molecule has 0 saturated heterocycles. The number of pyridine rings is 1. The number of carbonyl (C=O) groups excluding carboxylic acids is 1. The van der Waals surface area contributed by atoms with Crippen molar-refractivity contribution in [2.45, 2.75) is 6.92 Å². The van der Waals surface area contributed by atoms with Crippen LogP contribution >= 0.6 is 27.3 Å². The number of nitrogens with zero attached hydrogens (tertiary/aromatic N) is 2. The van der Waals surface area contributed by atoms with Crippen LogP contribution in [-0.4, -0.2) is 15.9 Å². The molecule has 0 spiro atoms. The molecule has 5 nitrogen and oxygen atoms in total. The summed E-state index contributed by atoms with van der Waals surface area (Å²) in [6.45, 7) is 1.85. The summed E-state index contributed by atoms with van der Waals surface area (Å²) in [6, 6.07) is 1.68. The highest BCUT2D eigenvalue weighted by atomic mass is 79.9. The number of carbonyl (C=O) groups is 1. The number of aryl methyl sites for hydroxylation is 1. The molecule has 0 unspecified atom stereocenters. The van der Waals surface area contributed by atoms with Crippen molar-refractivity contribution in [1.29, 1.82) is 0 Å². The molecule has 88 valence electrons. The Kier molecular flexibility index (Phi) is 3.39. The van der Waals surface area contributed by atoms with Crippen LogP contribution < -0.4 is 11.1 Å². The first-order valence-corrected chi connectivity index (χ1v) is 6.32. The number of nitrogens with one attached hydrogen (secondary N) is 1. The standard InChI is InChI=1S/C10H9BrN4OS/c1-5-13-4-8(17-5)10(16)15-9-7(11)2-6(12)3-14-9/h2-4H,12H2,1H3,(H,14,15,16). The third-order valence-corrected chi connectivity index (χ3v) is 3.46. The van der Waals surface area contributed by atoms with E-state index >= 15 is 0 Å². The lowest BCUT2D eigenvalue weighted by molar-refractivity contribution is 0.103. The molecule has 0 aliphatic rings. The molecular weight excluding hydrogens is 304 g/mol. The van der Waals surface area contributed by atoms with Gasteiger partial charge in [0.2, 0.25) is 0 Å². The van der Waals surface area contributed by atoms with Gasteiger partial charge in [-0.05, 0) is 28.9 Å². The highest BCUT2D eigenvalue weighted by Gasteiger charge is 2.11. The van der Waals surface area contributed by atoms with Crippen LogP contribution in [0.25, 0.3) is 0 Å². The molecule has 0 aliphatic heterocycles. The maximum atomic E-state index is 11.8. The van der Waals surface area contributed by atoms with Crippen molar-refractivity contribution in [3.8, 4) is 0 Å². The summed E-state index contributed by atoms with van der Waals surface area (Å²) in [5, 5.41) is 3.53. The van der Waals surface area contributed by atoms with E-state index in [0.29, 0.717) is 20.9 Å². The first-order valence-electron chi connectivity index (χ1n) is 4.71. The number of nitrogen functional groups attached to an aromatic ring is 1. The minimum Gasteiger partial charge on any atom is -0.397 e. The maximum Gasteiger partial charge on any atom is 0.268 e. The number of nitrogens with two attached hydrogens (primary N) is 1. The number of hydrogen-bond acceptors (Lipinski definition) is 5. The van der Waals surface area contributed by atoms with Crippen LogP contribution in [0, 0.1) is 6.92 Å². The Morgan fingerprint density at radius 1 is 1.47 bits per heavy atom. The van der Waals surface area contributed by atoms with E-state index in [9.17, 15) is 4.79 Å². The van der Waals surface area contributed by atoms with Gasteiger partial charge in [-0.15, -0.1) is 11.3 Å². The van der Waals surface area contributed by atoms with E-state index in [1.54, 1.807) is 12.3 Å². The molecule has 2 aromatic heterocycles. The summed E-state index contributed by atoms with van der Waals surface area (Å²) in [6.07, 6.45) is 3.03. The first kappa shape index (κ1) is 12.0. The van der Waals surface area contributed by atoms with Gasteiger partial charge in [-0.25, -0.2) is 9.97 Å². The highest BCUT2D eigenvalue weighted by Crippen LogP contribution is 2.23. The predicted octanol–water partition coefficient (Wildman–Crippen LogP) is 2.44. The number of thiazole rings is 1. The predicted molar refractivity (Wildman–Crippen MR) is 71.2 cm³/mol. The van der Waals surface area contributed by atoms with Crippen molar-refractivity contribution < 1.29 is 4.79 Å². The molecular formula is C10H9BrN4OS. The number of rotatable bonds is 2. The van der Waals surface area contributed by atoms with Crippen LogP contribution in [0.4, 0.5) is 11.5 Å². The van der Waals surface area contributed by atoms with E-state index in [1.165, 1.54) is 17.5 Å². The molecule has 7 heteroatoms. The fourth-order valence-electron chi connectivity index (χ4n) is 1.18. The topological polar surface area (TPSA) is 80.9 Å². The van der Waals surface area contributed by atoms with Gasteiger partial charge < -0.3 is 11.1 Å². The molecule has 0 fully saturated rings. The first-order chi connectivity index (χ1) is 8.06. The molecule has 17 heavy (non-hydrogen) atoms. The molecule has 3 N–H and O–H groups in total. The van der Waals surface area contributed by atoms with E-state index in [2.05, 4.69) is 31.2 Å². The summed E-state index contributed by atoms with van der Waals surface area (Å²) >= 11 is 4.62. The quantitative estimate of drug-likeness (QED) is 0.892. The Bertz CT molecular complexity index is 569. The van der Waals surface area contributed by atoms with Gasteiger partial charge in [0, 0.05) is 0 Å². The Hall–Kier alpha value is -1.47. The van der Waals surface area contributed by atoms with Crippen LogP contribution in [0.15, 0.2) is 22.9 Å². The van der Waals surface area contributed by atoms with Crippen molar-refractivity contribution >= 4 is 44.7 Å². The zero-order valence-electron chi connectivity index (χ0n) is 8.90. The second-order valence-corrected chi connectivity index (χ2v) is 5.39. The van der Waals surface area contributed by atoms with Crippen LogP contribution in [-0.2, 0) is 0 Å². The van der Waals surface area contributed by atoms with Crippen LogP contribution in [0.2, 0.25) is 0 Å². The smallest absolute Gasteiger partial charge is 0.268 e. The summed E-state index contributed by atoms with van der Waals surface area (Å²) in [7, 11) is 0. The SMILES string of the molecule is Cc1ncc(C(=O)Nc2ncc(N)cc2Br)s1. The number of hydrogen-bond donors (Lipinski definition) is 2. The van der Waals surface area contributed by atoms with Gasteiger partial charge in [0.25, 0.3) is 5.91 Å². The minimum absolute atomic E-state index is 0.228. The lowest BCUT2D eigenvalue weighted by atomic mass is 10.4. The van der Waals surface area contributed by atoms with E-state index < -0.39 is 0 Å². The van der Waals surface area contributed by atoms with Crippen molar-refractivity contribution in [3.05, 3.63) is 32.8 Å². The number of anilines is 2. The van der Waals surface area contributed by atoms with Gasteiger partial charge in [0.15, 0.2) is 0 Å². The largest absolute Gasteiger partial charge is 0.397 e. The van der Waals surface area contributed by atoms with Crippen LogP contribution in [0.1, 0.15) is 14.7 Å². The maximum absolute atomic E-state index is 11.8. The van der Waals surface area contributed by atoms with E-state index in [4.69, 9.17) is 5.73 Å². The lowest BCUT2D eigenvalue weighted by Crippen LogP contribution is -2.12. The number of amides is 1. The van der Waals surface area contributed by atoms with E-state index in [-0.39, 0.29) is 5.91 Å². The lowest BCUT2D eigenvalue weighted by Gasteiger charge is -2.05. The Labute approximate surface area is 110 Å². The zero-order valence-corrected chi connectivity index (χ0v) is 11.3. The van der Waals surface area contributed by atoms with Crippen LogP contribution in [0.5, 0.6) is 0 Å². The summed E-state index contributed by atoms with van der Waals surface area (Å²) < 4.78 is 0.645. The van der Waals surface area contributed by atoms with Gasteiger partial charge in [-0.1, -0.05) is 0 Å². The molecule has 0 aromatic carbocycles. The van der Waals surface area contributed by atoms with Crippen molar-refractivity contribution in [1.82, 2.24) is 9.97 Å². The molecule has 0 atom stereocenters. The monoisotopic (exact) mass is 312 g/mol. The van der Waals surface area contributed by atoms with Crippen molar-refractivity contribution in [3.63, 3.8) is 0 Å². The fourth-order valence-corrected chi connectivity index (χ4v) is 2.32. The number of aromatic nitrogens is 2. The molecule has 0 bridgehead atoms. The molecule has 0 saturated carbocycles. The third-order valence-electron chi connectivity index (χ3n) is 1.94. The highest BCUT2D eigenvalue weighted by molar-refractivity contribution is 9.10. The van der Waals surface area contributed by atoms with Gasteiger partial charge >= 0.3 is 0 Å². The Morgan fingerprint density at radius 3 is 2.82 bits per heavy atom. The molecule has 2 heterocycles. The van der Waals surface area contributed by atoms with Gasteiger partial charge in [0.05, 0.1) is 27.6 Å². The van der Waals surface area contributed by atoms with Crippen LogP contribution in [0.3, 0.4) is 0 Å². The van der Waals surface area contributed by atoms with E-state index in [1.807, 2.05) is 6.92 Å². The molecule has 0 radical (unpaired) electrons. The summed E-state index contributed by atoms with van der Waals surface area (Å²) in [4.78, 5) is 20.4. The zero-order chi connectivity index (χ0) is 12.4. The van der Waals surface area contributed by atoms with Crippen molar-refractivity contribution in [2.24, 2.45) is 0 Å². The summed E-state index contributed by atoms with van der Waals surface area (Å²) in [5.74, 6) is 0.212. The molecule has 2 aromatic rings. The Balaban J connectivity index is 2.18. The Morgan fingerprint density at radius 2 is 2.24 bits per heavy atom. The van der Waals surface area contributed by atoms with Crippen molar-refractivity contribution in [2.75, 3.05) is 11.1 Å². The number of halogens is 1. The van der Waals surface area contributed by atoms with Gasteiger partial charge in [-0.3, -0.25) is 4.79 Å². The molecule has 2 rings (SSSR count). The second-order valence-electron chi connectivity index (χ2n) is 3.30. The van der Waals surface area contributed by atoms with Gasteiger partial charge in [-0.2, -0.15) is 0 Å². The molecule has 1 amide bonds. The third kappa shape index (κ3) is 2.80. The average molecular weight is 313 g/mol. The minimum atomic E-state index is -0.228. The molecule has 0 aliphatic carbocycles. The van der Waals surface area contributed by atoms with Gasteiger partial charge in [0.1, 0.15) is 10.7 Å². The van der Waals surface area contributed by atoms with E-state index in [0.717, 1.165) is 5.01 Å². The normalized spacial score (nSPS) is 10.2. The second kappa shape index (κ2) is 4.80. The fraction of sp³-hybridized carbons (Fsp3) is 0.100. The average Bonchev–Trinajstić information content (AvgIpc) is 2.69.